The van der Waals surface area contributed by atoms with Crippen LogP contribution in [-0.4, -0.2) is 50.8 Å². The first-order chi connectivity index (χ1) is 13.0. The van der Waals surface area contributed by atoms with Gasteiger partial charge in [-0.1, -0.05) is 24.6 Å². The molecule has 0 aliphatic carbocycles. The molecule has 2 heterocycles. The standard InChI is InChI=1S/C20H26N4O3/c1-14-19(15(2)24(22-14)16-8-4-3-5-9-16)21-18(25)11-13-23-12-7-6-10-17(23)20(26)27/h3-5,8-9,17H,6-7,10-13H2,1-2H3,(H,21,25)(H,26,27). The molecule has 0 saturated carbocycles. The highest BCUT2D eigenvalue weighted by Crippen LogP contribution is 2.23. The van der Waals surface area contributed by atoms with E-state index < -0.39 is 12.0 Å². The molecule has 1 fully saturated rings. The van der Waals surface area contributed by atoms with Crippen molar-refractivity contribution in [1.29, 1.82) is 0 Å². The summed E-state index contributed by atoms with van der Waals surface area (Å²) in [5, 5.41) is 16.8. The van der Waals surface area contributed by atoms with E-state index in [1.54, 1.807) is 0 Å². The first-order valence-electron chi connectivity index (χ1n) is 9.35. The van der Waals surface area contributed by atoms with Crippen LogP contribution in [0.2, 0.25) is 0 Å². The first-order valence-corrected chi connectivity index (χ1v) is 9.35. The van der Waals surface area contributed by atoms with E-state index in [0.29, 0.717) is 13.0 Å². The van der Waals surface area contributed by atoms with Gasteiger partial charge in [0.2, 0.25) is 5.91 Å². The predicted molar refractivity (Wildman–Crippen MR) is 103 cm³/mol. The topological polar surface area (TPSA) is 87.5 Å². The molecule has 1 aromatic carbocycles. The lowest BCUT2D eigenvalue weighted by molar-refractivity contribution is -0.144. The molecule has 1 amide bonds. The summed E-state index contributed by atoms with van der Waals surface area (Å²) in [6.45, 7) is 4.98. The fraction of sp³-hybridized carbons (Fsp3) is 0.450. The lowest BCUT2D eigenvalue weighted by atomic mass is 10.0. The Labute approximate surface area is 159 Å². The van der Waals surface area contributed by atoms with Crippen molar-refractivity contribution in [2.75, 3.05) is 18.4 Å². The van der Waals surface area contributed by atoms with E-state index >= 15 is 0 Å². The molecule has 0 spiro atoms. The van der Waals surface area contributed by atoms with Gasteiger partial charge in [-0.3, -0.25) is 14.5 Å². The molecular weight excluding hydrogens is 344 g/mol. The second-order valence-electron chi connectivity index (χ2n) is 6.98. The van der Waals surface area contributed by atoms with Crippen molar-refractivity contribution < 1.29 is 14.7 Å². The average Bonchev–Trinajstić information content (AvgIpc) is 2.95. The van der Waals surface area contributed by atoms with Crippen molar-refractivity contribution in [2.45, 2.75) is 45.6 Å². The van der Waals surface area contributed by atoms with Gasteiger partial charge in [0.25, 0.3) is 0 Å². The van der Waals surface area contributed by atoms with Gasteiger partial charge in [-0.25, -0.2) is 4.68 Å². The molecule has 0 bridgehead atoms. The summed E-state index contributed by atoms with van der Waals surface area (Å²) in [4.78, 5) is 25.7. The smallest absolute Gasteiger partial charge is 0.320 e. The molecule has 7 heteroatoms. The number of likely N-dealkylation sites (tertiary alicyclic amines) is 1. The minimum atomic E-state index is -0.800. The zero-order valence-corrected chi connectivity index (χ0v) is 15.8. The highest BCUT2D eigenvalue weighted by atomic mass is 16.4. The number of carboxylic acid groups (broad SMARTS) is 1. The van der Waals surface area contributed by atoms with Crippen LogP contribution in [0.15, 0.2) is 30.3 Å². The third-order valence-electron chi connectivity index (χ3n) is 5.08. The monoisotopic (exact) mass is 370 g/mol. The zero-order chi connectivity index (χ0) is 19.4. The van der Waals surface area contributed by atoms with Crippen molar-refractivity contribution >= 4 is 17.6 Å². The number of aromatic nitrogens is 2. The number of nitrogens with one attached hydrogen (secondary N) is 1. The van der Waals surface area contributed by atoms with Crippen LogP contribution in [0.1, 0.15) is 37.1 Å². The normalized spacial score (nSPS) is 17.6. The van der Waals surface area contributed by atoms with Crippen LogP contribution in [0.5, 0.6) is 0 Å². The number of nitrogens with zero attached hydrogens (tertiary/aromatic N) is 3. The van der Waals surface area contributed by atoms with E-state index in [-0.39, 0.29) is 12.3 Å². The van der Waals surface area contributed by atoms with Gasteiger partial charge in [-0.2, -0.15) is 5.10 Å². The van der Waals surface area contributed by atoms with Gasteiger partial charge in [-0.05, 0) is 45.4 Å². The van der Waals surface area contributed by atoms with E-state index in [9.17, 15) is 14.7 Å². The van der Waals surface area contributed by atoms with Crippen LogP contribution in [0.25, 0.3) is 5.69 Å². The van der Waals surface area contributed by atoms with Crippen LogP contribution in [0.3, 0.4) is 0 Å². The molecule has 0 radical (unpaired) electrons. The third kappa shape index (κ3) is 4.36. The number of rotatable bonds is 6. The fourth-order valence-electron chi connectivity index (χ4n) is 3.63. The highest BCUT2D eigenvalue weighted by molar-refractivity contribution is 5.92. The summed E-state index contributed by atoms with van der Waals surface area (Å²) in [6.07, 6.45) is 2.82. The minimum Gasteiger partial charge on any atom is -0.480 e. The maximum atomic E-state index is 12.5. The van der Waals surface area contributed by atoms with Crippen LogP contribution in [-0.2, 0) is 9.59 Å². The maximum Gasteiger partial charge on any atom is 0.320 e. The van der Waals surface area contributed by atoms with Crippen molar-refractivity contribution in [2.24, 2.45) is 0 Å². The SMILES string of the molecule is Cc1nn(-c2ccccc2)c(C)c1NC(=O)CCN1CCCCC1C(=O)O. The van der Waals surface area contributed by atoms with Gasteiger partial charge in [0.05, 0.1) is 22.8 Å². The second-order valence-corrected chi connectivity index (χ2v) is 6.98. The molecule has 3 rings (SSSR count). The Morgan fingerprint density at radius 3 is 2.67 bits per heavy atom. The van der Waals surface area contributed by atoms with E-state index in [2.05, 4.69) is 10.4 Å². The molecule has 2 aromatic rings. The summed E-state index contributed by atoms with van der Waals surface area (Å²) < 4.78 is 1.82. The molecule has 1 aromatic heterocycles. The number of amides is 1. The Bertz CT molecular complexity index is 816. The Balaban J connectivity index is 1.64. The lowest BCUT2D eigenvalue weighted by Crippen LogP contribution is -2.45. The summed E-state index contributed by atoms with van der Waals surface area (Å²) in [5.41, 5.74) is 3.29. The largest absolute Gasteiger partial charge is 0.480 e. The van der Waals surface area contributed by atoms with Crippen molar-refractivity contribution in [1.82, 2.24) is 14.7 Å². The van der Waals surface area contributed by atoms with Gasteiger partial charge in [0, 0.05) is 13.0 Å². The summed E-state index contributed by atoms with van der Waals surface area (Å²) in [5.74, 6) is -0.922. The van der Waals surface area contributed by atoms with E-state index in [1.807, 2.05) is 53.8 Å². The van der Waals surface area contributed by atoms with Crippen LogP contribution >= 0.6 is 0 Å². The number of carboxylic acids is 1. The minimum absolute atomic E-state index is 0.122. The summed E-state index contributed by atoms with van der Waals surface area (Å²) in [6, 6.07) is 9.29. The first kappa shape index (κ1) is 19.1. The molecule has 1 saturated heterocycles. The van der Waals surface area contributed by atoms with Gasteiger partial charge in [0.15, 0.2) is 0 Å². The van der Waals surface area contributed by atoms with E-state index in [1.165, 1.54) is 0 Å². The number of piperidine rings is 1. The van der Waals surface area contributed by atoms with Gasteiger partial charge in [0.1, 0.15) is 6.04 Å². The van der Waals surface area contributed by atoms with Gasteiger partial charge < -0.3 is 10.4 Å². The molecule has 1 aliphatic rings. The quantitative estimate of drug-likeness (QED) is 0.816. The second kappa shape index (κ2) is 8.35. The number of carbonyl (C=O) groups is 2. The number of anilines is 1. The Kier molecular flexibility index (Phi) is 5.91. The third-order valence-corrected chi connectivity index (χ3v) is 5.08. The summed E-state index contributed by atoms with van der Waals surface area (Å²) in [7, 11) is 0. The van der Waals surface area contributed by atoms with Crippen molar-refractivity contribution in [3.05, 3.63) is 41.7 Å². The number of benzene rings is 1. The van der Waals surface area contributed by atoms with Crippen LogP contribution < -0.4 is 5.32 Å². The number of carbonyl (C=O) groups excluding carboxylic acids is 1. The highest BCUT2D eigenvalue weighted by Gasteiger charge is 2.28. The maximum absolute atomic E-state index is 12.5. The number of hydrogen-bond acceptors (Lipinski definition) is 4. The molecule has 1 aliphatic heterocycles. The summed E-state index contributed by atoms with van der Waals surface area (Å²) >= 11 is 0. The molecular formula is C20H26N4O3. The van der Waals surface area contributed by atoms with Crippen molar-refractivity contribution in [3.63, 3.8) is 0 Å². The van der Waals surface area contributed by atoms with Gasteiger partial charge in [-0.15, -0.1) is 0 Å². The molecule has 1 atom stereocenters. The van der Waals surface area contributed by atoms with Gasteiger partial charge >= 0.3 is 5.97 Å². The number of aryl methyl sites for hydroxylation is 1. The lowest BCUT2D eigenvalue weighted by Gasteiger charge is -2.32. The van der Waals surface area contributed by atoms with E-state index in [0.717, 1.165) is 42.1 Å². The fourth-order valence-corrected chi connectivity index (χ4v) is 3.63. The molecule has 1 unspecified atom stereocenters. The Hall–Kier alpha value is -2.67. The number of aliphatic carboxylic acids is 1. The average molecular weight is 370 g/mol. The Morgan fingerprint density at radius 2 is 1.96 bits per heavy atom. The zero-order valence-electron chi connectivity index (χ0n) is 15.8. The Morgan fingerprint density at radius 1 is 1.22 bits per heavy atom. The predicted octanol–water partition coefficient (Wildman–Crippen LogP) is 2.76. The molecule has 2 N–H and O–H groups in total. The van der Waals surface area contributed by atoms with Crippen LogP contribution in [0.4, 0.5) is 5.69 Å². The van der Waals surface area contributed by atoms with Crippen LogP contribution in [0, 0.1) is 13.8 Å². The van der Waals surface area contributed by atoms with E-state index in [4.69, 9.17) is 0 Å². The number of hydrogen-bond donors (Lipinski definition) is 2. The molecule has 144 valence electrons. The number of para-hydroxylation sites is 1. The molecule has 27 heavy (non-hydrogen) atoms. The molecule has 7 nitrogen and oxygen atoms in total. The van der Waals surface area contributed by atoms with Crippen molar-refractivity contribution in [3.8, 4) is 5.69 Å².